The molecule has 0 unspecified atom stereocenters. The molecule has 0 aliphatic heterocycles. The molecular formula is C8H15NO2S. The molecule has 0 atom stereocenters. The highest BCUT2D eigenvalue weighted by Crippen LogP contribution is 2.19. The molecule has 0 aromatic carbocycles. The van der Waals surface area contributed by atoms with Crippen LogP contribution in [0, 0.1) is 0 Å². The maximum absolute atomic E-state index is 10.6. The lowest BCUT2D eigenvalue weighted by Gasteiger charge is -2.11. The average Bonchev–Trinajstić information content (AvgIpc) is 2.02. The second-order valence-corrected chi connectivity index (χ2v) is 4.96. The van der Waals surface area contributed by atoms with E-state index >= 15 is 0 Å². The van der Waals surface area contributed by atoms with Crippen LogP contribution in [0.4, 0.5) is 0 Å². The lowest BCUT2D eigenvalue weighted by atomic mass is 9.98. The topological polar surface area (TPSA) is 60.2 Å². The van der Waals surface area contributed by atoms with Crippen LogP contribution in [0.1, 0.15) is 32.1 Å². The van der Waals surface area contributed by atoms with Crippen molar-refractivity contribution in [3.63, 3.8) is 0 Å². The molecule has 0 bridgehead atoms. The summed E-state index contributed by atoms with van der Waals surface area (Å²) in [6, 6.07) is 0. The van der Waals surface area contributed by atoms with Crippen molar-refractivity contribution in [2.45, 2.75) is 32.1 Å². The highest BCUT2D eigenvalue weighted by molar-refractivity contribution is 7.89. The van der Waals surface area contributed by atoms with E-state index in [0.29, 0.717) is 6.42 Å². The maximum atomic E-state index is 10.6. The van der Waals surface area contributed by atoms with Crippen LogP contribution in [0.2, 0.25) is 0 Å². The first kappa shape index (κ1) is 9.74. The molecule has 0 saturated carbocycles. The quantitative estimate of drug-likeness (QED) is 0.677. The van der Waals surface area contributed by atoms with Gasteiger partial charge in [0.15, 0.2) is 0 Å². The average molecular weight is 189 g/mol. The van der Waals surface area contributed by atoms with E-state index < -0.39 is 10.0 Å². The summed E-state index contributed by atoms with van der Waals surface area (Å²) in [6.07, 6.45) is 7.35. The Balaban J connectivity index is 2.36. The third kappa shape index (κ3) is 3.88. The Morgan fingerprint density at radius 3 is 2.67 bits per heavy atom. The molecule has 1 aliphatic rings. The van der Waals surface area contributed by atoms with Crippen molar-refractivity contribution in [2.24, 2.45) is 5.14 Å². The van der Waals surface area contributed by atoms with E-state index in [1.54, 1.807) is 0 Å². The number of hydrogen-bond acceptors (Lipinski definition) is 2. The van der Waals surface area contributed by atoms with Crippen molar-refractivity contribution in [3.05, 3.63) is 11.6 Å². The Labute approximate surface area is 73.7 Å². The van der Waals surface area contributed by atoms with Gasteiger partial charge in [-0.25, -0.2) is 13.6 Å². The number of primary sulfonamides is 1. The predicted molar refractivity (Wildman–Crippen MR) is 49.1 cm³/mol. The van der Waals surface area contributed by atoms with E-state index in [9.17, 15) is 8.42 Å². The van der Waals surface area contributed by atoms with E-state index in [-0.39, 0.29) is 5.75 Å². The molecular weight excluding hydrogens is 174 g/mol. The lowest BCUT2D eigenvalue weighted by Crippen LogP contribution is -2.17. The first-order valence-electron chi connectivity index (χ1n) is 4.26. The van der Waals surface area contributed by atoms with Crippen molar-refractivity contribution in [3.8, 4) is 0 Å². The van der Waals surface area contributed by atoms with E-state index in [2.05, 4.69) is 6.08 Å². The molecule has 70 valence electrons. The zero-order valence-corrected chi connectivity index (χ0v) is 7.94. The minimum atomic E-state index is -3.26. The van der Waals surface area contributed by atoms with E-state index in [4.69, 9.17) is 5.14 Å². The van der Waals surface area contributed by atoms with Crippen LogP contribution in [0.15, 0.2) is 11.6 Å². The van der Waals surface area contributed by atoms with Crippen LogP contribution in [0.25, 0.3) is 0 Å². The van der Waals surface area contributed by atoms with Gasteiger partial charge in [0, 0.05) is 0 Å². The first-order valence-corrected chi connectivity index (χ1v) is 5.98. The second kappa shape index (κ2) is 4.05. The molecule has 0 saturated heterocycles. The van der Waals surface area contributed by atoms with Gasteiger partial charge >= 0.3 is 0 Å². The minimum absolute atomic E-state index is 0.0961. The molecule has 0 fully saturated rings. The summed E-state index contributed by atoms with van der Waals surface area (Å²) in [7, 11) is -3.26. The fraction of sp³-hybridized carbons (Fsp3) is 0.750. The summed E-state index contributed by atoms with van der Waals surface area (Å²) in [4.78, 5) is 0. The largest absolute Gasteiger partial charge is 0.229 e. The molecule has 0 spiro atoms. The smallest absolute Gasteiger partial charge is 0.209 e. The fourth-order valence-corrected chi connectivity index (χ4v) is 1.95. The SMILES string of the molecule is NS(=O)(=O)CCC1=CCCCC1. The van der Waals surface area contributed by atoms with Crippen LogP contribution in [-0.2, 0) is 10.0 Å². The zero-order chi connectivity index (χ0) is 9.03. The van der Waals surface area contributed by atoms with E-state index in [1.807, 2.05) is 0 Å². The Kier molecular flexibility index (Phi) is 3.29. The number of hydrogen-bond donors (Lipinski definition) is 1. The highest BCUT2D eigenvalue weighted by atomic mass is 32.2. The third-order valence-electron chi connectivity index (χ3n) is 2.09. The van der Waals surface area contributed by atoms with Gasteiger partial charge in [0.1, 0.15) is 0 Å². The van der Waals surface area contributed by atoms with Crippen LogP contribution in [-0.4, -0.2) is 14.2 Å². The van der Waals surface area contributed by atoms with Gasteiger partial charge in [-0.15, -0.1) is 0 Å². The van der Waals surface area contributed by atoms with Crippen molar-refractivity contribution in [2.75, 3.05) is 5.75 Å². The molecule has 3 nitrogen and oxygen atoms in total. The predicted octanol–water partition coefficient (Wildman–Crippen LogP) is 1.17. The van der Waals surface area contributed by atoms with Gasteiger partial charge < -0.3 is 0 Å². The Morgan fingerprint density at radius 2 is 2.17 bits per heavy atom. The van der Waals surface area contributed by atoms with Crippen molar-refractivity contribution in [1.29, 1.82) is 0 Å². The van der Waals surface area contributed by atoms with Crippen molar-refractivity contribution >= 4 is 10.0 Å². The molecule has 0 radical (unpaired) electrons. The van der Waals surface area contributed by atoms with Crippen LogP contribution in [0.3, 0.4) is 0 Å². The molecule has 0 heterocycles. The summed E-state index contributed by atoms with van der Waals surface area (Å²) >= 11 is 0. The van der Waals surface area contributed by atoms with Crippen molar-refractivity contribution < 1.29 is 8.42 Å². The molecule has 4 heteroatoms. The number of rotatable bonds is 3. The third-order valence-corrected chi connectivity index (χ3v) is 2.87. The number of sulfonamides is 1. The van der Waals surface area contributed by atoms with Gasteiger partial charge in [-0.2, -0.15) is 0 Å². The summed E-state index contributed by atoms with van der Waals surface area (Å²) < 4.78 is 21.2. The molecule has 2 N–H and O–H groups in total. The molecule has 0 amide bonds. The van der Waals surface area contributed by atoms with Gasteiger partial charge in [0.25, 0.3) is 0 Å². The van der Waals surface area contributed by atoms with Gasteiger partial charge in [0.05, 0.1) is 5.75 Å². The fourth-order valence-electron chi connectivity index (χ4n) is 1.41. The standard InChI is InChI=1S/C8H15NO2S/c9-12(10,11)7-6-8-4-2-1-3-5-8/h4H,1-3,5-7H2,(H2,9,10,11). The van der Waals surface area contributed by atoms with Crippen LogP contribution < -0.4 is 5.14 Å². The molecule has 0 aromatic heterocycles. The van der Waals surface area contributed by atoms with Crippen molar-refractivity contribution in [1.82, 2.24) is 0 Å². The van der Waals surface area contributed by atoms with Gasteiger partial charge in [-0.1, -0.05) is 11.6 Å². The van der Waals surface area contributed by atoms with E-state index in [1.165, 1.54) is 18.4 Å². The summed E-state index contributed by atoms with van der Waals surface area (Å²) in [5.74, 6) is 0.0961. The maximum Gasteiger partial charge on any atom is 0.209 e. The molecule has 1 rings (SSSR count). The minimum Gasteiger partial charge on any atom is -0.229 e. The monoisotopic (exact) mass is 189 g/mol. The zero-order valence-electron chi connectivity index (χ0n) is 7.12. The second-order valence-electron chi connectivity index (χ2n) is 3.23. The van der Waals surface area contributed by atoms with Gasteiger partial charge in [-0.05, 0) is 32.1 Å². The van der Waals surface area contributed by atoms with Gasteiger partial charge in [-0.3, -0.25) is 0 Å². The number of nitrogens with two attached hydrogens (primary N) is 1. The van der Waals surface area contributed by atoms with Crippen LogP contribution >= 0.6 is 0 Å². The van der Waals surface area contributed by atoms with Crippen LogP contribution in [0.5, 0.6) is 0 Å². The Bertz CT molecular complexity index is 267. The normalized spacial score (nSPS) is 18.9. The molecule has 12 heavy (non-hydrogen) atoms. The first-order chi connectivity index (χ1) is 5.58. The van der Waals surface area contributed by atoms with E-state index in [0.717, 1.165) is 12.8 Å². The van der Waals surface area contributed by atoms with Gasteiger partial charge in [0.2, 0.25) is 10.0 Å². The molecule has 0 aromatic rings. The summed E-state index contributed by atoms with van der Waals surface area (Å²) in [6.45, 7) is 0. The summed E-state index contributed by atoms with van der Waals surface area (Å²) in [5.41, 5.74) is 1.26. The highest BCUT2D eigenvalue weighted by Gasteiger charge is 2.07. The number of allylic oxidation sites excluding steroid dienone is 2. The summed E-state index contributed by atoms with van der Waals surface area (Å²) in [5, 5.41) is 4.90. The Hall–Kier alpha value is -0.350. The Morgan fingerprint density at radius 1 is 1.42 bits per heavy atom. The lowest BCUT2D eigenvalue weighted by molar-refractivity contribution is 0.595. The molecule has 1 aliphatic carbocycles.